The summed E-state index contributed by atoms with van der Waals surface area (Å²) in [7, 11) is 0. The molecule has 4 heteroatoms. The van der Waals surface area contributed by atoms with Gasteiger partial charge in [-0.05, 0) is 30.2 Å². The van der Waals surface area contributed by atoms with E-state index in [0.717, 1.165) is 6.42 Å². The average Bonchev–Trinajstić information content (AvgIpc) is 2.46. The molecular formula is C16H15FO3. The molecule has 0 radical (unpaired) electrons. The molecule has 3 nitrogen and oxygen atoms in total. The van der Waals surface area contributed by atoms with E-state index in [0.29, 0.717) is 17.9 Å². The molecule has 0 bridgehead atoms. The monoisotopic (exact) mass is 274 g/mol. The smallest absolute Gasteiger partial charge is 0.338 e. The maximum absolute atomic E-state index is 14.1. The molecule has 0 saturated carbocycles. The summed E-state index contributed by atoms with van der Waals surface area (Å²) in [5.74, 6) is -1.28. The van der Waals surface area contributed by atoms with E-state index in [4.69, 9.17) is 9.84 Å². The van der Waals surface area contributed by atoms with Gasteiger partial charge in [0.25, 0.3) is 0 Å². The minimum atomic E-state index is -1.27. The van der Waals surface area contributed by atoms with Crippen LogP contribution in [0.5, 0.6) is 5.75 Å². The van der Waals surface area contributed by atoms with Gasteiger partial charge in [0, 0.05) is 5.56 Å². The van der Waals surface area contributed by atoms with Crippen molar-refractivity contribution < 1.29 is 19.0 Å². The van der Waals surface area contributed by atoms with E-state index in [2.05, 4.69) is 0 Å². The van der Waals surface area contributed by atoms with Gasteiger partial charge in [-0.1, -0.05) is 31.2 Å². The van der Waals surface area contributed by atoms with E-state index in [1.807, 2.05) is 6.92 Å². The van der Waals surface area contributed by atoms with Crippen LogP contribution >= 0.6 is 0 Å². The van der Waals surface area contributed by atoms with Crippen LogP contribution < -0.4 is 4.74 Å². The van der Waals surface area contributed by atoms with E-state index in [1.54, 1.807) is 30.3 Å². The van der Waals surface area contributed by atoms with Gasteiger partial charge < -0.3 is 9.84 Å². The first-order chi connectivity index (χ1) is 9.63. The number of halogens is 1. The van der Waals surface area contributed by atoms with Crippen molar-refractivity contribution in [2.45, 2.75) is 13.3 Å². The molecule has 2 rings (SSSR count). The minimum absolute atomic E-state index is 0.270. The number of benzene rings is 2. The Morgan fingerprint density at radius 2 is 1.90 bits per heavy atom. The molecule has 0 saturated heterocycles. The minimum Gasteiger partial charge on any atom is -0.494 e. The van der Waals surface area contributed by atoms with Crippen LogP contribution in [-0.4, -0.2) is 17.7 Å². The molecule has 0 aliphatic rings. The van der Waals surface area contributed by atoms with Crippen LogP contribution in [0.3, 0.4) is 0 Å². The van der Waals surface area contributed by atoms with Gasteiger partial charge in [0.1, 0.15) is 11.6 Å². The van der Waals surface area contributed by atoms with Crippen LogP contribution in [0.25, 0.3) is 11.1 Å². The van der Waals surface area contributed by atoms with Gasteiger partial charge in [-0.15, -0.1) is 0 Å². The normalized spacial score (nSPS) is 10.3. The lowest BCUT2D eigenvalue weighted by atomic mass is 10.0. The van der Waals surface area contributed by atoms with E-state index >= 15 is 0 Å². The summed E-state index contributed by atoms with van der Waals surface area (Å²) in [6, 6.07) is 11.3. The number of ether oxygens (including phenoxy) is 1. The van der Waals surface area contributed by atoms with Gasteiger partial charge >= 0.3 is 5.97 Å². The number of carboxylic acid groups (broad SMARTS) is 1. The predicted molar refractivity (Wildman–Crippen MR) is 74.6 cm³/mol. The zero-order chi connectivity index (χ0) is 14.5. The summed E-state index contributed by atoms with van der Waals surface area (Å²) in [4.78, 5) is 10.9. The fourth-order valence-electron chi connectivity index (χ4n) is 1.87. The highest BCUT2D eigenvalue weighted by molar-refractivity contribution is 5.90. The summed E-state index contributed by atoms with van der Waals surface area (Å²) in [5.41, 5.74) is 0.565. The number of carbonyl (C=O) groups is 1. The van der Waals surface area contributed by atoms with E-state index in [9.17, 15) is 9.18 Å². The highest BCUT2D eigenvalue weighted by Crippen LogP contribution is 2.26. The fraction of sp³-hybridized carbons (Fsp3) is 0.188. The number of carboxylic acids is 1. The Kier molecular flexibility index (Phi) is 4.35. The molecule has 0 heterocycles. The summed E-state index contributed by atoms with van der Waals surface area (Å²) < 4.78 is 19.6. The zero-order valence-electron chi connectivity index (χ0n) is 11.1. The number of aromatic carboxylic acids is 1. The van der Waals surface area contributed by atoms with Gasteiger partial charge in [0.15, 0.2) is 0 Å². The van der Waals surface area contributed by atoms with E-state index in [-0.39, 0.29) is 11.1 Å². The summed E-state index contributed by atoms with van der Waals surface area (Å²) in [6.07, 6.45) is 0.914. The Bertz CT molecular complexity index is 606. The second kappa shape index (κ2) is 6.19. The molecule has 2 aromatic rings. The third kappa shape index (κ3) is 2.96. The Hall–Kier alpha value is -2.36. The molecule has 20 heavy (non-hydrogen) atoms. The first kappa shape index (κ1) is 14.1. The van der Waals surface area contributed by atoms with Crippen molar-refractivity contribution in [1.82, 2.24) is 0 Å². The van der Waals surface area contributed by atoms with Crippen LogP contribution in [0, 0.1) is 5.82 Å². The molecule has 1 N–H and O–H groups in total. The third-order valence-corrected chi connectivity index (χ3v) is 2.87. The highest BCUT2D eigenvalue weighted by atomic mass is 19.1. The van der Waals surface area contributed by atoms with Crippen molar-refractivity contribution in [1.29, 1.82) is 0 Å². The zero-order valence-corrected chi connectivity index (χ0v) is 11.1. The number of rotatable bonds is 5. The summed E-state index contributed by atoms with van der Waals surface area (Å²) >= 11 is 0. The molecule has 104 valence electrons. The first-order valence-corrected chi connectivity index (χ1v) is 6.38. The molecule has 0 unspecified atom stereocenters. The van der Waals surface area contributed by atoms with Crippen LogP contribution in [0.1, 0.15) is 23.7 Å². The van der Waals surface area contributed by atoms with Gasteiger partial charge in [0.05, 0.1) is 12.2 Å². The lowest BCUT2D eigenvalue weighted by Gasteiger charge is -2.08. The maximum Gasteiger partial charge on any atom is 0.338 e. The van der Waals surface area contributed by atoms with Crippen LogP contribution in [-0.2, 0) is 0 Å². The molecule has 0 aliphatic heterocycles. The van der Waals surface area contributed by atoms with Gasteiger partial charge in [-0.2, -0.15) is 0 Å². The topological polar surface area (TPSA) is 46.5 Å². The third-order valence-electron chi connectivity index (χ3n) is 2.87. The second-order valence-corrected chi connectivity index (χ2v) is 4.35. The van der Waals surface area contributed by atoms with Crippen molar-refractivity contribution in [3.8, 4) is 16.9 Å². The highest BCUT2D eigenvalue weighted by Gasteiger charge is 2.14. The van der Waals surface area contributed by atoms with Gasteiger partial charge in [-0.3, -0.25) is 0 Å². The molecule has 2 aromatic carbocycles. The Balaban J connectivity index is 2.32. The van der Waals surface area contributed by atoms with Crippen molar-refractivity contribution >= 4 is 5.97 Å². The quantitative estimate of drug-likeness (QED) is 0.897. The van der Waals surface area contributed by atoms with Crippen LogP contribution in [0.4, 0.5) is 4.39 Å². The van der Waals surface area contributed by atoms with E-state index < -0.39 is 11.8 Å². The van der Waals surface area contributed by atoms with Gasteiger partial charge in [-0.25, -0.2) is 9.18 Å². The van der Waals surface area contributed by atoms with E-state index in [1.165, 1.54) is 12.1 Å². The second-order valence-electron chi connectivity index (χ2n) is 4.35. The summed E-state index contributed by atoms with van der Waals surface area (Å²) in [6.45, 7) is 2.64. The van der Waals surface area contributed by atoms with Crippen molar-refractivity contribution in [2.75, 3.05) is 6.61 Å². The fourth-order valence-corrected chi connectivity index (χ4v) is 1.87. The average molecular weight is 274 g/mol. The van der Waals surface area contributed by atoms with Crippen LogP contribution in [0.2, 0.25) is 0 Å². The molecule has 0 fully saturated rings. The lowest BCUT2D eigenvalue weighted by Crippen LogP contribution is -2.01. The first-order valence-electron chi connectivity index (χ1n) is 6.38. The van der Waals surface area contributed by atoms with Crippen molar-refractivity contribution in [3.63, 3.8) is 0 Å². The molecule has 0 aromatic heterocycles. The number of hydrogen-bond acceptors (Lipinski definition) is 2. The maximum atomic E-state index is 14.1. The SMILES string of the molecule is CCCOc1ccc(-c2cccc(C(=O)O)c2F)cc1. The largest absolute Gasteiger partial charge is 0.494 e. The molecular weight excluding hydrogens is 259 g/mol. The Labute approximate surface area is 116 Å². The Morgan fingerprint density at radius 1 is 1.20 bits per heavy atom. The number of hydrogen-bond donors (Lipinski definition) is 1. The summed E-state index contributed by atoms with van der Waals surface area (Å²) in [5, 5.41) is 8.92. The lowest BCUT2D eigenvalue weighted by molar-refractivity contribution is 0.0692. The molecule has 0 aliphatic carbocycles. The van der Waals surface area contributed by atoms with Crippen molar-refractivity contribution in [3.05, 3.63) is 53.8 Å². The predicted octanol–water partition coefficient (Wildman–Crippen LogP) is 3.98. The van der Waals surface area contributed by atoms with Gasteiger partial charge in [0.2, 0.25) is 0 Å². The van der Waals surface area contributed by atoms with Crippen molar-refractivity contribution in [2.24, 2.45) is 0 Å². The molecule has 0 amide bonds. The molecule has 0 spiro atoms. The standard InChI is InChI=1S/C16H15FO3/c1-2-10-20-12-8-6-11(7-9-12)13-4-3-5-14(15(13)17)16(18)19/h3-9H,2,10H2,1H3,(H,18,19). The Morgan fingerprint density at radius 3 is 2.50 bits per heavy atom. The molecule has 0 atom stereocenters. The van der Waals surface area contributed by atoms with Crippen LogP contribution in [0.15, 0.2) is 42.5 Å².